The van der Waals surface area contributed by atoms with Crippen LogP contribution in [0.15, 0.2) is 22.9 Å². The Morgan fingerprint density at radius 1 is 1.44 bits per heavy atom. The number of nitrogens with one attached hydrogen (secondary N) is 2. The average molecular weight is 383 g/mol. The fourth-order valence-electron chi connectivity index (χ4n) is 2.63. The Morgan fingerprint density at radius 2 is 2.22 bits per heavy atom. The zero-order valence-electron chi connectivity index (χ0n) is 14.2. The van der Waals surface area contributed by atoms with E-state index in [1.807, 2.05) is 0 Å². The molecule has 2 N–H and O–H groups in total. The lowest BCUT2D eigenvalue weighted by Crippen LogP contribution is -2.49. The van der Waals surface area contributed by atoms with Crippen molar-refractivity contribution in [1.82, 2.24) is 25.8 Å². The maximum Gasteiger partial charge on any atom is 0.433 e. The number of hydrogen-bond donors (Lipinski definition) is 2. The lowest BCUT2D eigenvalue weighted by Gasteiger charge is -2.23. The predicted octanol–water partition coefficient (Wildman–Crippen LogP) is 2.00. The third-order valence-corrected chi connectivity index (χ3v) is 4.03. The lowest BCUT2D eigenvalue weighted by molar-refractivity contribution is -0.141. The maximum absolute atomic E-state index is 12.8. The van der Waals surface area contributed by atoms with Crippen LogP contribution in [0.2, 0.25) is 0 Å². The van der Waals surface area contributed by atoms with Gasteiger partial charge in [0, 0.05) is 18.2 Å². The molecule has 144 valence electrons. The predicted molar refractivity (Wildman–Crippen MR) is 84.9 cm³/mol. The maximum atomic E-state index is 12.8. The summed E-state index contributed by atoms with van der Waals surface area (Å²) in [5.41, 5.74) is -0.980. The van der Waals surface area contributed by atoms with E-state index in [1.54, 1.807) is 6.92 Å². The quantitative estimate of drug-likeness (QED) is 0.836. The zero-order valence-corrected chi connectivity index (χ0v) is 14.2. The molecular formula is C16H16F3N5O3. The highest BCUT2D eigenvalue weighted by Crippen LogP contribution is 2.30. The number of carbonyl (C=O) groups is 2. The Morgan fingerprint density at radius 3 is 2.93 bits per heavy atom. The number of piperidine rings is 1. The van der Waals surface area contributed by atoms with E-state index in [-0.39, 0.29) is 23.2 Å². The molecule has 0 aromatic carbocycles. The number of halogens is 3. The molecule has 1 fully saturated rings. The minimum absolute atomic E-state index is 0.0332. The molecule has 1 saturated heterocycles. The summed E-state index contributed by atoms with van der Waals surface area (Å²) in [6.45, 7) is 1.59. The van der Waals surface area contributed by atoms with E-state index in [0.717, 1.165) is 12.3 Å². The minimum atomic E-state index is -4.59. The molecule has 0 radical (unpaired) electrons. The number of pyridine rings is 1. The van der Waals surface area contributed by atoms with E-state index in [2.05, 4.69) is 25.8 Å². The van der Waals surface area contributed by atoms with E-state index < -0.39 is 29.9 Å². The van der Waals surface area contributed by atoms with Crippen LogP contribution in [0.1, 0.15) is 43.8 Å². The molecule has 1 aliphatic rings. The molecule has 1 aliphatic heterocycles. The normalized spacial score (nSPS) is 18.7. The summed E-state index contributed by atoms with van der Waals surface area (Å²) in [7, 11) is 0. The average Bonchev–Trinajstić information content (AvgIpc) is 3.11. The highest BCUT2D eigenvalue weighted by Gasteiger charge is 2.33. The zero-order chi connectivity index (χ0) is 19.6. The molecule has 0 bridgehead atoms. The van der Waals surface area contributed by atoms with Crippen LogP contribution in [0.4, 0.5) is 13.2 Å². The third kappa shape index (κ3) is 4.41. The van der Waals surface area contributed by atoms with Gasteiger partial charge in [-0.05, 0) is 31.9 Å². The third-order valence-electron chi connectivity index (χ3n) is 4.03. The van der Waals surface area contributed by atoms with E-state index >= 15 is 0 Å². The molecule has 2 aromatic rings. The number of rotatable bonds is 4. The first-order valence-electron chi connectivity index (χ1n) is 8.21. The summed E-state index contributed by atoms with van der Waals surface area (Å²) in [5.74, 6) is -0.596. The molecule has 2 aromatic heterocycles. The van der Waals surface area contributed by atoms with Gasteiger partial charge in [-0.15, -0.1) is 0 Å². The molecule has 1 unspecified atom stereocenters. The van der Waals surface area contributed by atoms with Gasteiger partial charge >= 0.3 is 6.18 Å². The fraction of sp³-hybridized carbons (Fsp3) is 0.438. The van der Waals surface area contributed by atoms with Gasteiger partial charge in [-0.25, -0.2) is 0 Å². The Balaban J connectivity index is 1.70. The van der Waals surface area contributed by atoms with E-state index in [0.29, 0.717) is 19.3 Å². The van der Waals surface area contributed by atoms with Crippen LogP contribution >= 0.6 is 0 Å². The summed E-state index contributed by atoms with van der Waals surface area (Å²) in [5, 5.41) is 8.90. The Kier molecular flexibility index (Phi) is 5.10. The van der Waals surface area contributed by atoms with Crippen molar-refractivity contribution in [2.75, 3.05) is 0 Å². The SMILES string of the molecule is C[C@H](NC(=O)C1CCCC(=O)N1)c1nc(-c2ccnc(C(F)(F)F)c2)no1. The van der Waals surface area contributed by atoms with Crippen LogP contribution in [0.25, 0.3) is 11.4 Å². The van der Waals surface area contributed by atoms with E-state index in [1.165, 1.54) is 6.07 Å². The van der Waals surface area contributed by atoms with Crippen molar-refractivity contribution in [2.45, 2.75) is 44.4 Å². The first kappa shape index (κ1) is 18.8. The van der Waals surface area contributed by atoms with Crippen molar-refractivity contribution in [3.63, 3.8) is 0 Å². The van der Waals surface area contributed by atoms with Crippen LogP contribution in [-0.4, -0.2) is 33.0 Å². The smallest absolute Gasteiger partial charge is 0.344 e. The van der Waals surface area contributed by atoms with Gasteiger partial charge in [-0.3, -0.25) is 14.6 Å². The van der Waals surface area contributed by atoms with E-state index in [4.69, 9.17) is 4.52 Å². The Labute approximate surface area is 151 Å². The summed E-state index contributed by atoms with van der Waals surface area (Å²) >= 11 is 0. The second kappa shape index (κ2) is 7.33. The Bertz CT molecular complexity index is 852. The summed E-state index contributed by atoms with van der Waals surface area (Å²) in [6.07, 6.45) is -2.05. The molecule has 8 nitrogen and oxygen atoms in total. The molecule has 0 aliphatic carbocycles. The molecule has 0 saturated carbocycles. The lowest BCUT2D eigenvalue weighted by atomic mass is 10.0. The summed E-state index contributed by atoms with van der Waals surface area (Å²) in [6, 6.07) is 0.826. The number of hydrogen-bond acceptors (Lipinski definition) is 6. The van der Waals surface area contributed by atoms with Gasteiger partial charge in [0.1, 0.15) is 17.8 Å². The highest BCUT2D eigenvalue weighted by molar-refractivity contribution is 5.88. The first-order valence-corrected chi connectivity index (χ1v) is 8.21. The largest absolute Gasteiger partial charge is 0.433 e. The summed E-state index contributed by atoms with van der Waals surface area (Å²) < 4.78 is 43.3. The van der Waals surface area contributed by atoms with Gasteiger partial charge in [0.05, 0.1) is 0 Å². The van der Waals surface area contributed by atoms with Crippen molar-refractivity contribution < 1.29 is 27.3 Å². The highest BCUT2D eigenvalue weighted by atomic mass is 19.4. The van der Waals surface area contributed by atoms with Gasteiger partial charge in [-0.2, -0.15) is 18.2 Å². The van der Waals surface area contributed by atoms with Gasteiger partial charge in [0.25, 0.3) is 0 Å². The molecule has 11 heteroatoms. The molecule has 0 spiro atoms. The van der Waals surface area contributed by atoms with Crippen molar-refractivity contribution in [3.8, 4) is 11.4 Å². The van der Waals surface area contributed by atoms with Gasteiger partial charge in [0.15, 0.2) is 0 Å². The standard InChI is InChI=1S/C16H16F3N5O3/c1-8(21-14(26)10-3-2-4-12(25)22-10)15-23-13(24-27-15)9-5-6-20-11(7-9)16(17,18)19/h5-8,10H,2-4H2,1H3,(H,21,26)(H,22,25)/t8-,10?/m0/s1. The molecule has 3 rings (SSSR count). The van der Waals surface area contributed by atoms with Crippen molar-refractivity contribution in [2.24, 2.45) is 0 Å². The fourth-order valence-corrected chi connectivity index (χ4v) is 2.63. The topological polar surface area (TPSA) is 110 Å². The number of nitrogens with zero attached hydrogens (tertiary/aromatic N) is 3. The second-order valence-electron chi connectivity index (χ2n) is 6.13. The van der Waals surface area contributed by atoms with Crippen molar-refractivity contribution >= 4 is 11.8 Å². The second-order valence-corrected chi connectivity index (χ2v) is 6.13. The van der Waals surface area contributed by atoms with E-state index in [9.17, 15) is 22.8 Å². The molecular weight excluding hydrogens is 367 g/mol. The van der Waals surface area contributed by atoms with Gasteiger partial charge < -0.3 is 15.2 Å². The molecule has 3 heterocycles. The summed E-state index contributed by atoms with van der Waals surface area (Å²) in [4.78, 5) is 30.9. The van der Waals surface area contributed by atoms with Crippen molar-refractivity contribution in [1.29, 1.82) is 0 Å². The molecule has 27 heavy (non-hydrogen) atoms. The van der Waals surface area contributed by atoms with Crippen LogP contribution in [0, 0.1) is 0 Å². The van der Waals surface area contributed by atoms with Crippen LogP contribution in [0.3, 0.4) is 0 Å². The van der Waals surface area contributed by atoms with Gasteiger partial charge in [-0.1, -0.05) is 5.16 Å². The minimum Gasteiger partial charge on any atom is -0.344 e. The molecule has 2 amide bonds. The van der Waals surface area contributed by atoms with Crippen molar-refractivity contribution in [3.05, 3.63) is 29.9 Å². The molecule has 2 atom stereocenters. The van der Waals surface area contributed by atoms with Crippen LogP contribution in [0.5, 0.6) is 0 Å². The van der Waals surface area contributed by atoms with Crippen LogP contribution in [-0.2, 0) is 15.8 Å². The number of amides is 2. The first-order chi connectivity index (χ1) is 12.7. The van der Waals surface area contributed by atoms with Crippen LogP contribution < -0.4 is 10.6 Å². The monoisotopic (exact) mass is 383 g/mol. The Hall–Kier alpha value is -2.98. The number of alkyl halides is 3. The number of carbonyl (C=O) groups excluding carboxylic acids is 2. The van der Waals surface area contributed by atoms with Gasteiger partial charge in [0.2, 0.25) is 23.5 Å². The number of aromatic nitrogens is 3.